The maximum Gasteiger partial charge on any atom is 0.264 e. The van der Waals surface area contributed by atoms with Gasteiger partial charge in [0.2, 0.25) is 0 Å². The second-order valence-corrected chi connectivity index (χ2v) is 6.53. The summed E-state index contributed by atoms with van der Waals surface area (Å²) in [5.74, 6) is 0.842. The van der Waals surface area contributed by atoms with Crippen LogP contribution in [0.5, 0.6) is 0 Å². The predicted octanol–water partition coefficient (Wildman–Crippen LogP) is 2.98. The summed E-state index contributed by atoms with van der Waals surface area (Å²) in [6, 6.07) is 0.0282. The van der Waals surface area contributed by atoms with Crippen molar-refractivity contribution in [1.29, 1.82) is 0 Å². The van der Waals surface area contributed by atoms with Crippen molar-refractivity contribution >= 4 is 27.5 Å². The zero-order valence-electron chi connectivity index (χ0n) is 14.1. The van der Waals surface area contributed by atoms with Crippen LogP contribution < -0.4 is 0 Å². The number of rotatable bonds is 5. The molecule has 0 aromatic carbocycles. The smallest absolute Gasteiger partial charge is 0.264 e. The molecule has 0 saturated heterocycles. The number of carbonyl (C=O) groups excluding carboxylic acids is 1. The third-order valence-electron chi connectivity index (χ3n) is 3.92. The van der Waals surface area contributed by atoms with E-state index in [1.54, 1.807) is 12.0 Å². The van der Waals surface area contributed by atoms with Gasteiger partial charge in [0.25, 0.3) is 5.91 Å². The van der Waals surface area contributed by atoms with E-state index in [1.165, 1.54) is 11.3 Å². The van der Waals surface area contributed by atoms with E-state index in [2.05, 4.69) is 9.97 Å². The lowest BCUT2D eigenvalue weighted by Crippen LogP contribution is -2.37. The first-order valence-electron chi connectivity index (χ1n) is 7.43. The molecule has 120 valence electrons. The fourth-order valence-corrected chi connectivity index (χ4v) is 3.70. The highest BCUT2D eigenvalue weighted by atomic mass is 32.1. The predicted molar refractivity (Wildman–Crippen MR) is 89.7 cm³/mol. The largest absolute Gasteiger partial charge is 0.383 e. The number of thiophene rings is 1. The van der Waals surface area contributed by atoms with Crippen LogP contribution in [0.4, 0.5) is 0 Å². The van der Waals surface area contributed by atoms with Crippen LogP contribution in [0.1, 0.15) is 40.6 Å². The Bertz CT molecular complexity index is 696. The molecular formula is C16H23N3O2S. The lowest BCUT2D eigenvalue weighted by atomic mass is 10.1. The number of carbonyl (C=O) groups is 1. The Morgan fingerprint density at radius 3 is 2.64 bits per heavy atom. The van der Waals surface area contributed by atoms with E-state index < -0.39 is 0 Å². The van der Waals surface area contributed by atoms with Crippen LogP contribution in [-0.2, 0) is 11.2 Å². The van der Waals surface area contributed by atoms with Gasteiger partial charge >= 0.3 is 0 Å². The molecule has 0 aliphatic rings. The number of aryl methyl sites for hydroxylation is 3. The number of hydrogen-bond acceptors (Lipinski definition) is 5. The topological polar surface area (TPSA) is 55.3 Å². The van der Waals surface area contributed by atoms with Crippen molar-refractivity contribution in [2.75, 3.05) is 20.8 Å². The molecule has 22 heavy (non-hydrogen) atoms. The number of hydrogen-bond donors (Lipinski definition) is 0. The maximum absolute atomic E-state index is 12.7. The van der Waals surface area contributed by atoms with Crippen LogP contribution in [-0.4, -0.2) is 47.6 Å². The monoisotopic (exact) mass is 321 g/mol. The lowest BCUT2D eigenvalue weighted by molar-refractivity contribution is 0.0637. The van der Waals surface area contributed by atoms with Crippen molar-refractivity contribution in [3.8, 4) is 0 Å². The molecular weight excluding hydrogens is 298 g/mol. The van der Waals surface area contributed by atoms with Gasteiger partial charge in [0.15, 0.2) is 0 Å². The molecule has 2 rings (SSSR count). The van der Waals surface area contributed by atoms with Gasteiger partial charge in [-0.25, -0.2) is 9.97 Å². The summed E-state index contributed by atoms with van der Waals surface area (Å²) in [5, 5.41) is 1.01. The summed E-state index contributed by atoms with van der Waals surface area (Å²) < 4.78 is 5.14. The molecule has 0 aliphatic heterocycles. The first kappa shape index (κ1) is 16.8. The molecule has 0 radical (unpaired) electrons. The molecule has 0 fully saturated rings. The molecule has 1 atom stereocenters. The van der Waals surface area contributed by atoms with Gasteiger partial charge in [-0.1, -0.05) is 6.92 Å². The molecule has 2 heterocycles. The first-order valence-corrected chi connectivity index (χ1v) is 8.25. The van der Waals surface area contributed by atoms with Crippen molar-refractivity contribution in [3.63, 3.8) is 0 Å². The minimum Gasteiger partial charge on any atom is -0.383 e. The number of amides is 1. The van der Waals surface area contributed by atoms with Gasteiger partial charge in [-0.2, -0.15) is 0 Å². The Hall–Kier alpha value is -1.53. The van der Waals surface area contributed by atoms with E-state index in [0.29, 0.717) is 6.61 Å². The second kappa shape index (κ2) is 6.71. The Labute approximate surface area is 135 Å². The molecule has 6 heteroatoms. The molecule has 2 aromatic rings. The number of ether oxygens (including phenoxy) is 1. The Balaban J connectivity index is 2.46. The van der Waals surface area contributed by atoms with Crippen molar-refractivity contribution in [3.05, 3.63) is 22.0 Å². The molecule has 1 unspecified atom stereocenters. The average molecular weight is 321 g/mol. The Kier molecular flexibility index (Phi) is 5.13. The van der Waals surface area contributed by atoms with Crippen LogP contribution in [0, 0.1) is 13.8 Å². The quantitative estimate of drug-likeness (QED) is 0.849. The van der Waals surface area contributed by atoms with E-state index in [4.69, 9.17) is 4.74 Å². The van der Waals surface area contributed by atoms with Crippen LogP contribution in [0.2, 0.25) is 0 Å². The number of likely N-dealkylation sites (N-methyl/N-ethyl adjacent to an activating group) is 1. The third kappa shape index (κ3) is 2.98. The highest BCUT2D eigenvalue weighted by Gasteiger charge is 2.24. The lowest BCUT2D eigenvalue weighted by Gasteiger charge is -2.24. The normalized spacial score (nSPS) is 12.6. The molecule has 0 spiro atoms. The molecule has 1 amide bonds. The van der Waals surface area contributed by atoms with Gasteiger partial charge < -0.3 is 9.64 Å². The summed E-state index contributed by atoms with van der Waals surface area (Å²) >= 11 is 1.46. The Morgan fingerprint density at radius 1 is 1.36 bits per heavy atom. The fourth-order valence-electron chi connectivity index (χ4n) is 2.47. The fraction of sp³-hybridized carbons (Fsp3) is 0.562. The maximum atomic E-state index is 12.7. The SMILES string of the molecule is CCc1nc(C)c2c(C)c(C(=O)N(C)C(C)COC)sc2n1. The third-order valence-corrected chi connectivity index (χ3v) is 5.09. The molecule has 0 aliphatic carbocycles. The summed E-state index contributed by atoms with van der Waals surface area (Å²) in [5.41, 5.74) is 1.92. The van der Waals surface area contributed by atoms with Crippen LogP contribution in [0.25, 0.3) is 10.2 Å². The molecule has 2 aromatic heterocycles. The van der Waals surface area contributed by atoms with Crippen LogP contribution >= 0.6 is 11.3 Å². The molecule has 0 bridgehead atoms. The van der Waals surface area contributed by atoms with Gasteiger partial charge in [0, 0.05) is 31.7 Å². The number of methoxy groups -OCH3 is 1. The number of fused-ring (bicyclic) bond motifs is 1. The standard InChI is InChI=1S/C16H23N3O2S/c1-7-12-17-11(4)13-10(3)14(22-15(13)18-12)16(20)19(5)9(2)8-21-6/h9H,7-8H2,1-6H3. The molecule has 0 N–H and O–H groups in total. The summed E-state index contributed by atoms with van der Waals surface area (Å²) in [6.45, 7) is 8.49. The minimum atomic E-state index is 0.0162. The van der Waals surface area contributed by atoms with Gasteiger partial charge in [0.1, 0.15) is 10.7 Å². The van der Waals surface area contributed by atoms with Gasteiger partial charge in [-0.3, -0.25) is 4.79 Å². The van der Waals surface area contributed by atoms with E-state index >= 15 is 0 Å². The van der Waals surface area contributed by atoms with Crippen LogP contribution in [0.3, 0.4) is 0 Å². The average Bonchev–Trinajstić information content (AvgIpc) is 2.83. The zero-order chi connectivity index (χ0) is 16.4. The van der Waals surface area contributed by atoms with E-state index in [0.717, 1.165) is 38.6 Å². The van der Waals surface area contributed by atoms with Crippen LogP contribution in [0.15, 0.2) is 0 Å². The Morgan fingerprint density at radius 2 is 2.05 bits per heavy atom. The summed E-state index contributed by atoms with van der Waals surface area (Å²) in [4.78, 5) is 25.2. The molecule has 0 saturated carbocycles. The summed E-state index contributed by atoms with van der Waals surface area (Å²) in [6.07, 6.45) is 0.793. The summed E-state index contributed by atoms with van der Waals surface area (Å²) in [7, 11) is 3.45. The van der Waals surface area contributed by atoms with E-state index in [-0.39, 0.29) is 11.9 Å². The number of aromatic nitrogens is 2. The van der Waals surface area contributed by atoms with Gasteiger partial charge in [0.05, 0.1) is 17.5 Å². The minimum absolute atomic E-state index is 0.0162. The van der Waals surface area contributed by atoms with Gasteiger partial charge in [-0.05, 0) is 26.3 Å². The zero-order valence-corrected chi connectivity index (χ0v) is 14.9. The number of nitrogens with zero attached hydrogens (tertiary/aromatic N) is 3. The van der Waals surface area contributed by atoms with Crippen molar-refractivity contribution < 1.29 is 9.53 Å². The van der Waals surface area contributed by atoms with Gasteiger partial charge in [-0.15, -0.1) is 11.3 Å². The molecule has 5 nitrogen and oxygen atoms in total. The highest BCUT2D eigenvalue weighted by molar-refractivity contribution is 7.20. The second-order valence-electron chi connectivity index (χ2n) is 5.54. The van der Waals surface area contributed by atoms with Crippen molar-refractivity contribution in [2.45, 2.75) is 40.2 Å². The highest BCUT2D eigenvalue weighted by Crippen LogP contribution is 2.32. The van der Waals surface area contributed by atoms with E-state index in [1.807, 2.05) is 34.7 Å². The van der Waals surface area contributed by atoms with E-state index in [9.17, 15) is 4.79 Å². The van der Waals surface area contributed by atoms with Crippen molar-refractivity contribution in [1.82, 2.24) is 14.9 Å². The van der Waals surface area contributed by atoms with Crippen molar-refractivity contribution in [2.24, 2.45) is 0 Å². The first-order chi connectivity index (χ1) is 10.4.